The van der Waals surface area contributed by atoms with E-state index in [4.69, 9.17) is 25.6 Å². The molecule has 0 bridgehead atoms. The molecule has 0 aliphatic carbocycles. The molecule has 7 nitrogen and oxygen atoms in total. The number of aryl methyl sites for hydroxylation is 1. The van der Waals surface area contributed by atoms with Gasteiger partial charge in [-0.15, -0.1) is 0 Å². The monoisotopic (exact) mass is 414 g/mol. The predicted molar refractivity (Wildman–Crippen MR) is 107 cm³/mol. The van der Waals surface area contributed by atoms with Gasteiger partial charge in [0.05, 0.1) is 12.1 Å². The second kappa shape index (κ2) is 9.25. The second-order valence-corrected chi connectivity index (χ2v) is 6.55. The first-order chi connectivity index (χ1) is 14.0. The van der Waals surface area contributed by atoms with Crippen molar-refractivity contribution in [3.63, 3.8) is 0 Å². The normalized spacial score (nSPS) is 10.4. The summed E-state index contributed by atoms with van der Waals surface area (Å²) in [5, 5.41) is 7.03. The summed E-state index contributed by atoms with van der Waals surface area (Å²) in [5.74, 6) is -0.128. The fourth-order valence-corrected chi connectivity index (χ4v) is 2.87. The van der Waals surface area contributed by atoms with Crippen molar-refractivity contribution in [3.05, 3.63) is 70.4 Å². The molecule has 0 fully saturated rings. The van der Waals surface area contributed by atoms with Crippen LogP contribution in [0.3, 0.4) is 0 Å². The van der Waals surface area contributed by atoms with Crippen LogP contribution in [0.2, 0.25) is 5.02 Å². The van der Waals surface area contributed by atoms with Gasteiger partial charge in [-0.1, -0.05) is 47.1 Å². The Morgan fingerprint density at radius 3 is 2.55 bits per heavy atom. The van der Waals surface area contributed by atoms with Gasteiger partial charge in [-0.25, -0.2) is 4.79 Å². The molecular weight excluding hydrogens is 396 g/mol. The summed E-state index contributed by atoms with van der Waals surface area (Å²) in [6.45, 7) is 1.47. The summed E-state index contributed by atoms with van der Waals surface area (Å²) < 4.78 is 15.4. The standard InChI is InChI=1S/C21H19ClN2O5/c1-13-19(20(24-29-13)16-5-3-4-6-17(16)22)21(26)28-12-18(25)23-11-14-7-9-15(27-2)10-8-14/h3-10H,11-12H2,1-2H3,(H,23,25). The fraction of sp³-hybridized carbons (Fsp3) is 0.190. The van der Waals surface area contributed by atoms with E-state index in [1.807, 2.05) is 12.1 Å². The van der Waals surface area contributed by atoms with E-state index in [9.17, 15) is 9.59 Å². The van der Waals surface area contributed by atoms with E-state index in [1.54, 1.807) is 50.4 Å². The predicted octanol–water partition coefficient (Wildman–Crippen LogP) is 3.79. The molecular formula is C21H19ClN2O5. The van der Waals surface area contributed by atoms with E-state index in [-0.39, 0.29) is 17.0 Å². The number of esters is 1. The summed E-state index contributed by atoms with van der Waals surface area (Å²) in [4.78, 5) is 24.6. The molecule has 150 valence electrons. The van der Waals surface area contributed by atoms with E-state index in [0.717, 1.165) is 11.3 Å². The minimum Gasteiger partial charge on any atom is -0.497 e. The highest BCUT2D eigenvalue weighted by molar-refractivity contribution is 6.33. The highest BCUT2D eigenvalue weighted by Crippen LogP contribution is 2.31. The Morgan fingerprint density at radius 1 is 1.14 bits per heavy atom. The third-order valence-electron chi connectivity index (χ3n) is 4.18. The lowest BCUT2D eigenvalue weighted by Crippen LogP contribution is -2.28. The Morgan fingerprint density at radius 2 is 1.86 bits per heavy atom. The number of nitrogens with one attached hydrogen (secondary N) is 1. The maximum atomic E-state index is 12.5. The van der Waals surface area contributed by atoms with Gasteiger partial charge < -0.3 is 19.3 Å². The topological polar surface area (TPSA) is 90.7 Å². The average molecular weight is 415 g/mol. The van der Waals surface area contributed by atoms with Crippen molar-refractivity contribution in [1.29, 1.82) is 0 Å². The Balaban J connectivity index is 1.60. The number of carbonyl (C=O) groups excluding carboxylic acids is 2. The van der Waals surface area contributed by atoms with Crippen molar-refractivity contribution in [2.24, 2.45) is 0 Å². The zero-order chi connectivity index (χ0) is 20.8. The molecule has 0 saturated heterocycles. The SMILES string of the molecule is COc1ccc(CNC(=O)COC(=O)c2c(-c3ccccc3Cl)noc2C)cc1. The first-order valence-corrected chi connectivity index (χ1v) is 9.15. The number of rotatable bonds is 7. The van der Waals surface area contributed by atoms with Gasteiger partial charge in [-0.2, -0.15) is 0 Å². The Hall–Kier alpha value is -3.32. The minimum atomic E-state index is -0.710. The molecule has 0 spiro atoms. The van der Waals surface area contributed by atoms with Gasteiger partial charge in [0.1, 0.15) is 22.8 Å². The second-order valence-electron chi connectivity index (χ2n) is 6.14. The average Bonchev–Trinajstić information content (AvgIpc) is 3.12. The molecule has 0 radical (unpaired) electrons. The maximum Gasteiger partial charge on any atom is 0.344 e. The maximum absolute atomic E-state index is 12.5. The van der Waals surface area contributed by atoms with E-state index in [2.05, 4.69) is 10.5 Å². The smallest absolute Gasteiger partial charge is 0.344 e. The fourth-order valence-electron chi connectivity index (χ4n) is 2.65. The lowest BCUT2D eigenvalue weighted by atomic mass is 10.1. The number of methoxy groups -OCH3 is 1. The first kappa shape index (κ1) is 20.4. The molecule has 1 aromatic heterocycles. The number of benzene rings is 2. The summed E-state index contributed by atoms with van der Waals surface area (Å²) in [5.41, 5.74) is 1.85. The Labute approximate surface area is 172 Å². The Bertz CT molecular complexity index is 1010. The van der Waals surface area contributed by atoms with Crippen LogP contribution in [0.5, 0.6) is 5.75 Å². The molecule has 8 heteroatoms. The van der Waals surface area contributed by atoms with Crippen LogP contribution in [0, 0.1) is 6.92 Å². The van der Waals surface area contributed by atoms with Crippen LogP contribution in [0.15, 0.2) is 53.1 Å². The number of amides is 1. The summed E-state index contributed by atoms with van der Waals surface area (Å²) in [7, 11) is 1.58. The quantitative estimate of drug-likeness (QED) is 0.591. The molecule has 0 saturated carbocycles. The molecule has 1 amide bonds. The summed E-state index contributed by atoms with van der Waals surface area (Å²) >= 11 is 6.18. The number of hydrogen-bond donors (Lipinski definition) is 1. The number of nitrogens with zero attached hydrogens (tertiary/aromatic N) is 1. The number of halogens is 1. The number of ether oxygens (including phenoxy) is 2. The van der Waals surface area contributed by atoms with Crippen molar-refractivity contribution < 1.29 is 23.6 Å². The van der Waals surface area contributed by atoms with E-state index >= 15 is 0 Å². The lowest BCUT2D eigenvalue weighted by Gasteiger charge is -2.08. The third-order valence-corrected chi connectivity index (χ3v) is 4.51. The molecule has 2 aromatic carbocycles. The van der Waals surface area contributed by atoms with Crippen LogP contribution in [-0.2, 0) is 16.1 Å². The zero-order valence-corrected chi connectivity index (χ0v) is 16.7. The summed E-state index contributed by atoms with van der Waals surface area (Å²) in [6, 6.07) is 14.2. The van der Waals surface area contributed by atoms with E-state index in [1.165, 1.54) is 0 Å². The highest BCUT2D eigenvalue weighted by Gasteiger charge is 2.24. The molecule has 0 aliphatic heterocycles. The van der Waals surface area contributed by atoms with Crippen LogP contribution < -0.4 is 10.1 Å². The van der Waals surface area contributed by atoms with Crippen LogP contribution in [0.1, 0.15) is 21.7 Å². The van der Waals surface area contributed by atoms with Gasteiger partial charge in [-0.05, 0) is 30.7 Å². The van der Waals surface area contributed by atoms with Crippen LogP contribution in [0.25, 0.3) is 11.3 Å². The summed E-state index contributed by atoms with van der Waals surface area (Å²) in [6.07, 6.45) is 0. The molecule has 1 heterocycles. The molecule has 29 heavy (non-hydrogen) atoms. The highest BCUT2D eigenvalue weighted by atomic mass is 35.5. The van der Waals surface area contributed by atoms with Crippen molar-refractivity contribution in [3.8, 4) is 17.0 Å². The molecule has 3 rings (SSSR count). The molecule has 0 unspecified atom stereocenters. The van der Waals surface area contributed by atoms with Crippen molar-refractivity contribution in [2.45, 2.75) is 13.5 Å². The number of carbonyl (C=O) groups is 2. The number of hydrogen-bond acceptors (Lipinski definition) is 6. The molecule has 0 atom stereocenters. The third kappa shape index (κ3) is 4.94. The first-order valence-electron chi connectivity index (χ1n) is 8.77. The van der Waals surface area contributed by atoms with Gasteiger partial charge in [-0.3, -0.25) is 4.79 Å². The van der Waals surface area contributed by atoms with Crippen molar-refractivity contribution in [1.82, 2.24) is 10.5 Å². The largest absolute Gasteiger partial charge is 0.497 e. The molecule has 0 aliphatic rings. The minimum absolute atomic E-state index is 0.140. The van der Waals surface area contributed by atoms with Gasteiger partial charge in [0.15, 0.2) is 6.61 Å². The molecule has 1 N–H and O–H groups in total. The number of aromatic nitrogens is 1. The van der Waals surface area contributed by atoms with Crippen LogP contribution >= 0.6 is 11.6 Å². The van der Waals surface area contributed by atoms with Crippen molar-refractivity contribution >= 4 is 23.5 Å². The molecule has 3 aromatic rings. The van der Waals surface area contributed by atoms with E-state index < -0.39 is 18.5 Å². The van der Waals surface area contributed by atoms with Gasteiger partial charge in [0, 0.05) is 12.1 Å². The lowest BCUT2D eigenvalue weighted by molar-refractivity contribution is -0.124. The Kier molecular flexibility index (Phi) is 6.51. The van der Waals surface area contributed by atoms with Gasteiger partial charge in [0.25, 0.3) is 5.91 Å². The van der Waals surface area contributed by atoms with Crippen LogP contribution in [-0.4, -0.2) is 30.7 Å². The van der Waals surface area contributed by atoms with Gasteiger partial charge in [0.2, 0.25) is 0 Å². The van der Waals surface area contributed by atoms with Gasteiger partial charge >= 0.3 is 5.97 Å². The van der Waals surface area contributed by atoms with Crippen molar-refractivity contribution in [2.75, 3.05) is 13.7 Å². The zero-order valence-electron chi connectivity index (χ0n) is 15.9. The van der Waals surface area contributed by atoms with Crippen LogP contribution in [0.4, 0.5) is 0 Å². The van der Waals surface area contributed by atoms with E-state index in [0.29, 0.717) is 17.1 Å².